The van der Waals surface area contributed by atoms with Gasteiger partial charge in [-0.25, -0.2) is 12.8 Å². The summed E-state index contributed by atoms with van der Waals surface area (Å²) in [7, 11) is -3.70. The molecule has 0 radical (unpaired) electrons. The lowest BCUT2D eigenvalue weighted by atomic mass is 10.2. The fourth-order valence-electron chi connectivity index (χ4n) is 1.50. The lowest BCUT2D eigenvalue weighted by Crippen LogP contribution is -2.11. The zero-order chi connectivity index (χ0) is 14.0. The minimum atomic E-state index is -3.70. The molecule has 0 bridgehead atoms. The Labute approximate surface area is 114 Å². The standard InChI is InChI=1S/C12H12FNO3S2/c1-8-6-9(2-4-11(8)13)14-19(16,17)12-5-3-10(7-15)18-12/h2-6,14-15H,7H2,1H3. The monoisotopic (exact) mass is 301 g/mol. The van der Waals surface area contributed by atoms with Crippen LogP contribution in [0.5, 0.6) is 0 Å². The number of sulfonamides is 1. The molecular weight excluding hydrogens is 289 g/mol. The first-order valence-corrected chi connectivity index (χ1v) is 7.71. The number of anilines is 1. The summed E-state index contributed by atoms with van der Waals surface area (Å²) in [5, 5.41) is 8.93. The van der Waals surface area contributed by atoms with Crippen molar-refractivity contribution in [3.05, 3.63) is 46.6 Å². The third kappa shape index (κ3) is 3.12. The van der Waals surface area contributed by atoms with Gasteiger partial charge in [-0.2, -0.15) is 0 Å². The van der Waals surface area contributed by atoms with Crippen molar-refractivity contribution in [3.63, 3.8) is 0 Å². The molecule has 0 unspecified atom stereocenters. The number of rotatable bonds is 4. The van der Waals surface area contributed by atoms with Crippen LogP contribution in [0.1, 0.15) is 10.4 Å². The van der Waals surface area contributed by atoms with Gasteiger partial charge in [-0.3, -0.25) is 4.72 Å². The van der Waals surface area contributed by atoms with Crippen LogP contribution in [0.25, 0.3) is 0 Å². The van der Waals surface area contributed by atoms with Crippen molar-refractivity contribution in [2.45, 2.75) is 17.7 Å². The quantitative estimate of drug-likeness (QED) is 0.912. The van der Waals surface area contributed by atoms with Crippen LogP contribution < -0.4 is 4.72 Å². The third-order valence-corrected chi connectivity index (χ3v) is 5.41. The van der Waals surface area contributed by atoms with Gasteiger partial charge in [0.15, 0.2) is 0 Å². The lowest BCUT2D eigenvalue weighted by molar-refractivity contribution is 0.285. The second-order valence-corrected chi connectivity index (χ2v) is 7.03. The lowest BCUT2D eigenvalue weighted by Gasteiger charge is -2.07. The topological polar surface area (TPSA) is 66.4 Å². The van der Waals surface area contributed by atoms with E-state index in [1.807, 2.05) is 0 Å². The molecule has 0 saturated carbocycles. The normalized spacial score (nSPS) is 11.5. The van der Waals surface area contributed by atoms with E-state index in [0.29, 0.717) is 16.1 Å². The molecule has 2 N–H and O–H groups in total. The summed E-state index contributed by atoms with van der Waals surface area (Å²) in [4.78, 5) is 0.565. The van der Waals surface area contributed by atoms with Gasteiger partial charge in [0.05, 0.1) is 6.61 Å². The molecular formula is C12H12FNO3S2. The summed E-state index contributed by atoms with van der Waals surface area (Å²) in [6.07, 6.45) is 0. The molecule has 0 aliphatic rings. The fraction of sp³-hybridized carbons (Fsp3) is 0.167. The maximum atomic E-state index is 13.1. The van der Waals surface area contributed by atoms with E-state index in [4.69, 9.17) is 5.11 Å². The van der Waals surface area contributed by atoms with Crippen LogP contribution in [0.2, 0.25) is 0 Å². The Hall–Kier alpha value is -1.44. The van der Waals surface area contributed by atoms with Crippen molar-refractivity contribution in [3.8, 4) is 0 Å². The number of aryl methyl sites for hydroxylation is 1. The number of hydrogen-bond acceptors (Lipinski definition) is 4. The summed E-state index contributed by atoms with van der Waals surface area (Å²) in [5.41, 5.74) is 0.667. The van der Waals surface area contributed by atoms with Crippen LogP contribution in [0, 0.1) is 12.7 Å². The average Bonchev–Trinajstić information content (AvgIpc) is 2.83. The van der Waals surface area contributed by atoms with E-state index in [1.54, 1.807) is 13.0 Å². The van der Waals surface area contributed by atoms with Gasteiger partial charge in [-0.15, -0.1) is 11.3 Å². The zero-order valence-electron chi connectivity index (χ0n) is 10.1. The number of benzene rings is 1. The van der Waals surface area contributed by atoms with Gasteiger partial charge in [0.1, 0.15) is 10.0 Å². The molecule has 102 valence electrons. The molecule has 0 aliphatic carbocycles. The highest BCUT2D eigenvalue weighted by Gasteiger charge is 2.17. The highest BCUT2D eigenvalue weighted by Crippen LogP contribution is 2.24. The van der Waals surface area contributed by atoms with Gasteiger partial charge in [-0.05, 0) is 42.8 Å². The van der Waals surface area contributed by atoms with Crippen molar-refractivity contribution in [2.75, 3.05) is 4.72 Å². The molecule has 0 saturated heterocycles. The van der Waals surface area contributed by atoms with Crippen molar-refractivity contribution in [2.24, 2.45) is 0 Å². The van der Waals surface area contributed by atoms with E-state index in [0.717, 1.165) is 11.3 Å². The maximum absolute atomic E-state index is 13.1. The SMILES string of the molecule is Cc1cc(NS(=O)(=O)c2ccc(CO)s2)ccc1F. The first-order valence-electron chi connectivity index (χ1n) is 5.41. The Balaban J connectivity index is 2.28. The predicted molar refractivity (Wildman–Crippen MR) is 72.2 cm³/mol. The Morgan fingerprint density at radius 2 is 2.05 bits per heavy atom. The fourth-order valence-corrected chi connectivity index (χ4v) is 3.77. The van der Waals surface area contributed by atoms with E-state index in [2.05, 4.69) is 4.72 Å². The highest BCUT2D eigenvalue weighted by atomic mass is 32.2. The molecule has 0 fully saturated rings. The number of nitrogens with one attached hydrogen (secondary N) is 1. The first kappa shape index (κ1) is 14.0. The summed E-state index contributed by atoms with van der Waals surface area (Å²) in [5.74, 6) is -0.387. The van der Waals surface area contributed by atoms with Crippen LogP contribution in [0.4, 0.5) is 10.1 Å². The summed E-state index contributed by atoms with van der Waals surface area (Å²) < 4.78 is 39.7. The molecule has 2 rings (SSSR count). The zero-order valence-corrected chi connectivity index (χ0v) is 11.7. The van der Waals surface area contributed by atoms with Crippen molar-refractivity contribution >= 4 is 27.0 Å². The van der Waals surface area contributed by atoms with Gasteiger partial charge in [0.2, 0.25) is 0 Å². The molecule has 4 nitrogen and oxygen atoms in total. The van der Waals surface area contributed by atoms with Gasteiger partial charge in [0.25, 0.3) is 10.0 Å². The van der Waals surface area contributed by atoms with Crippen LogP contribution in [-0.2, 0) is 16.6 Å². The summed E-state index contributed by atoms with van der Waals surface area (Å²) in [6.45, 7) is 1.36. The minimum Gasteiger partial charge on any atom is -0.391 e. The van der Waals surface area contributed by atoms with E-state index in [1.165, 1.54) is 24.3 Å². The third-order valence-electron chi connectivity index (χ3n) is 2.47. The number of aliphatic hydroxyl groups is 1. The molecule has 0 aliphatic heterocycles. The Kier molecular flexibility index (Phi) is 3.88. The maximum Gasteiger partial charge on any atom is 0.271 e. The molecule has 2 aromatic rings. The highest BCUT2D eigenvalue weighted by molar-refractivity contribution is 7.94. The molecule has 19 heavy (non-hydrogen) atoms. The van der Waals surface area contributed by atoms with Gasteiger partial charge < -0.3 is 5.11 Å². The molecule has 0 spiro atoms. The molecule has 1 aromatic carbocycles. The first-order chi connectivity index (χ1) is 8.92. The average molecular weight is 301 g/mol. The summed E-state index contributed by atoms with van der Waals surface area (Å²) >= 11 is 0.992. The van der Waals surface area contributed by atoms with Crippen molar-refractivity contribution < 1.29 is 17.9 Å². The van der Waals surface area contributed by atoms with E-state index in [9.17, 15) is 12.8 Å². The molecule has 0 atom stereocenters. The van der Waals surface area contributed by atoms with Gasteiger partial charge >= 0.3 is 0 Å². The van der Waals surface area contributed by atoms with E-state index in [-0.39, 0.29) is 16.6 Å². The summed E-state index contributed by atoms with van der Waals surface area (Å²) in [6, 6.07) is 6.97. The smallest absolute Gasteiger partial charge is 0.271 e. The number of aliphatic hydroxyl groups excluding tert-OH is 1. The van der Waals surface area contributed by atoms with Crippen LogP contribution >= 0.6 is 11.3 Å². The van der Waals surface area contributed by atoms with Crippen LogP contribution in [-0.4, -0.2) is 13.5 Å². The van der Waals surface area contributed by atoms with Gasteiger partial charge in [-0.1, -0.05) is 0 Å². The van der Waals surface area contributed by atoms with Crippen molar-refractivity contribution in [1.82, 2.24) is 0 Å². The molecule has 7 heteroatoms. The Morgan fingerprint density at radius 3 is 2.63 bits per heavy atom. The Morgan fingerprint density at radius 1 is 1.32 bits per heavy atom. The minimum absolute atomic E-state index is 0.110. The second-order valence-electron chi connectivity index (χ2n) is 3.95. The Bertz CT molecular complexity index is 695. The van der Waals surface area contributed by atoms with E-state index < -0.39 is 10.0 Å². The van der Waals surface area contributed by atoms with E-state index >= 15 is 0 Å². The predicted octanol–water partition coefficient (Wildman–Crippen LogP) is 2.49. The molecule has 1 aromatic heterocycles. The van der Waals surface area contributed by atoms with Gasteiger partial charge in [0, 0.05) is 10.6 Å². The number of halogens is 1. The van der Waals surface area contributed by atoms with Crippen LogP contribution in [0.3, 0.4) is 0 Å². The van der Waals surface area contributed by atoms with Crippen molar-refractivity contribution in [1.29, 1.82) is 0 Å². The largest absolute Gasteiger partial charge is 0.391 e. The molecule has 0 amide bonds. The molecule has 1 heterocycles. The number of thiophene rings is 1. The second kappa shape index (κ2) is 5.28. The van der Waals surface area contributed by atoms with Crippen LogP contribution in [0.15, 0.2) is 34.5 Å². The number of hydrogen-bond donors (Lipinski definition) is 2.